The van der Waals surface area contributed by atoms with Crippen molar-refractivity contribution in [3.8, 4) is 0 Å². The summed E-state index contributed by atoms with van der Waals surface area (Å²) in [5.41, 5.74) is 3.08. The van der Waals surface area contributed by atoms with Gasteiger partial charge in [-0.05, 0) is 49.4 Å². The van der Waals surface area contributed by atoms with Gasteiger partial charge in [0, 0.05) is 19.3 Å². The van der Waals surface area contributed by atoms with Crippen molar-refractivity contribution in [2.45, 2.75) is 38.6 Å². The average Bonchev–Trinajstić information content (AvgIpc) is 3.13. The van der Waals surface area contributed by atoms with Gasteiger partial charge in [0.2, 0.25) is 0 Å². The summed E-state index contributed by atoms with van der Waals surface area (Å²) in [6.45, 7) is 4.78. The van der Waals surface area contributed by atoms with Gasteiger partial charge in [-0.15, -0.1) is 12.4 Å². The molecule has 2 aromatic rings. The van der Waals surface area contributed by atoms with Crippen molar-refractivity contribution in [2.24, 2.45) is 0 Å². The molecule has 0 spiro atoms. The van der Waals surface area contributed by atoms with Crippen molar-refractivity contribution in [1.29, 1.82) is 0 Å². The number of hydrogen-bond acceptors (Lipinski definition) is 3. The molecule has 0 bridgehead atoms. The minimum Gasteiger partial charge on any atom is -0.350 e. The van der Waals surface area contributed by atoms with E-state index < -0.39 is 0 Å². The molecule has 5 nitrogen and oxygen atoms in total. The van der Waals surface area contributed by atoms with E-state index in [9.17, 15) is 4.79 Å². The summed E-state index contributed by atoms with van der Waals surface area (Å²) in [6.07, 6.45) is 6.07. The van der Waals surface area contributed by atoms with Crippen molar-refractivity contribution < 1.29 is 4.79 Å². The highest BCUT2D eigenvalue weighted by molar-refractivity contribution is 5.92. The first-order chi connectivity index (χ1) is 11.8. The van der Waals surface area contributed by atoms with Crippen LogP contribution in [0, 0.1) is 0 Å². The summed E-state index contributed by atoms with van der Waals surface area (Å²) in [4.78, 5) is 12.2. The van der Waals surface area contributed by atoms with E-state index in [0.29, 0.717) is 18.3 Å². The molecule has 1 amide bonds. The van der Waals surface area contributed by atoms with E-state index >= 15 is 0 Å². The van der Waals surface area contributed by atoms with Crippen LogP contribution in [0.15, 0.2) is 36.5 Å². The van der Waals surface area contributed by atoms with Crippen LogP contribution < -0.4 is 10.6 Å². The van der Waals surface area contributed by atoms with Gasteiger partial charge in [0.05, 0.1) is 6.04 Å². The molecule has 1 unspecified atom stereocenters. The number of halogens is 1. The fraction of sp³-hybridized carbons (Fsp3) is 0.474. The van der Waals surface area contributed by atoms with Crippen LogP contribution in [0.3, 0.4) is 0 Å². The van der Waals surface area contributed by atoms with Crippen molar-refractivity contribution in [3.63, 3.8) is 0 Å². The van der Waals surface area contributed by atoms with Gasteiger partial charge in [-0.1, -0.05) is 31.2 Å². The highest BCUT2D eigenvalue weighted by Gasteiger charge is 2.17. The molecule has 136 valence electrons. The molecule has 1 aliphatic heterocycles. The lowest BCUT2D eigenvalue weighted by Crippen LogP contribution is -2.32. The second-order valence-electron chi connectivity index (χ2n) is 6.36. The van der Waals surface area contributed by atoms with Crippen LogP contribution in [0.2, 0.25) is 0 Å². The maximum atomic E-state index is 12.2. The van der Waals surface area contributed by atoms with E-state index in [1.54, 1.807) is 6.07 Å². The Kier molecular flexibility index (Phi) is 7.47. The Morgan fingerprint density at radius 2 is 2.04 bits per heavy atom. The summed E-state index contributed by atoms with van der Waals surface area (Å²) >= 11 is 0. The van der Waals surface area contributed by atoms with Crippen LogP contribution >= 0.6 is 12.4 Å². The number of hydrogen-bond donors (Lipinski definition) is 2. The largest absolute Gasteiger partial charge is 0.350 e. The second kappa shape index (κ2) is 9.59. The molecule has 0 aliphatic carbocycles. The lowest BCUT2D eigenvalue weighted by atomic mass is 10.1. The monoisotopic (exact) mass is 362 g/mol. The van der Waals surface area contributed by atoms with Crippen LogP contribution in [0.4, 0.5) is 0 Å². The lowest BCUT2D eigenvalue weighted by Gasteiger charge is -2.22. The molecule has 1 atom stereocenters. The molecule has 25 heavy (non-hydrogen) atoms. The standard InChI is InChI=1S/C19H26N4O.ClH/c1-2-15-5-7-16(8-6-15)9-12-21-19(24)18-10-13-23(22-18)17-4-3-11-20-14-17;/h5-8,10,13,17,20H,2-4,9,11-12,14H2,1H3,(H,21,24);1H. The Labute approximate surface area is 155 Å². The molecule has 1 fully saturated rings. The van der Waals surface area contributed by atoms with Crippen LogP contribution in [-0.4, -0.2) is 35.3 Å². The van der Waals surface area contributed by atoms with Crippen LogP contribution in [0.5, 0.6) is 0 Å². The maximum Gasteiger partial charge on any atom is 0.271 e. The minimum absolute atomic E-state index is 0. The molecule has 3 rings (SSSR count). The van der Waals surface area contributed by atoms with Crippen LogP contribution in [0.1, 0.15) is 47.4 Å². The predicted molar refractivity (Wildman–Crippen MR) is 102 cm³/mol. The van der Waals surface area contributed by atoms with E-state index in [-0.39, 0.29) is 18.3 Å². The van der Waals surface area contributed by atoms with Gasteiger partial charge in [-0.25, -0.2) is 0 Å². The fourth-order valence-corrected chi connectivity index (χ4v) is 3.07. The Morgan fingerprint density at radius 3 is 2.72 bits per heavy atom. The van der Waals surface area contributed by atoms with E-state index in [4.69, 9.17) is 0 Å². The number of aryl methyl sites for hydroxylation is 1. The number of aromatic nitrogens is 2. The van der Waals surface area contributed by atoms with Crippen molar-refractivity contribution in [1.82, 2.24) is 20.4 Å². The first-order valence-corrected chi connectivity index (χ1v) is 8.88. The van der Waals surface area contributed by atoms with E-state index in [0.717, 1.165) is 38.8 Å². The van der Waals surface area contributed by atoms with Crippen molar-refractivity contribution >= 4 is 18.3 Å². The smallest absolute Gasteiger partial charge is 0.271 e. The molecule has 1 aliphatic rings. The van der Waals surface area contributed by atoms with Gasteiger partial charge in [0.1, 0.15) is 5.69 Å². The number of rotatable bonds is 6. The number of nitrogens with one attached hydrogen (secondary N) is 2. The Bertz CT molecular complexity index is 662. The molecule has 1 saturated heterocycles. The third-order valence-corrected chi connectivity index (χ3v) is 4.62. The third kappa shape index (κ3) is 5.31. The van der Waals surface area contributed by atoms with Gasteiger partial charge in [-0.2, -0.15) is 5.10 Å². The number of nitrogens with zero attached hydrogens (tertiary/aromatic N) is 2. The van der Waals surface area contributed by atoms with E-state index in [2.05, 4.69) is 46.9 Å². The third-order valence-electron chi connectivity index (χ3n) is 4.62. The fourth-order valence-electron chi connectivity index (χ4n) is 3.07. The summed E-state index contributed by atoms with van der Waals surface area (Å²) in [5.74, 6) is -0.0947. The minimum atomic E-state index is -0.0947. The molecular weight excluding hydrogens is 336 g/mol. The number of amides is 1. The molecule has 1 aromatic carbocycles. The van der Waals surface area contributed by atoms with Crippen molar-refractivity contribution in [3.05, 3.63) is 53.3 Å². The normalized spacial score (nSPS) is 16.9. The number of benzene rings is 1. The highest BCUT2D eigenvalue weighted by Crippen LogP contribution is 2.15. The molecule has 0 radical (unpaired) electrons. The zero-order chi connectivity index (χ0) is 16.8. The summed E-state index contributed by atoms with van der Waals surface area (Å²) in [5, 5.41) is 10.8. The van der Waals surface area contributed by atoms with Gasteiger partial charge in [-0.3, -0.25) is 9.48 Å². The molecule has 6 heteroatoms. The first kappa shape index (κ1) is 19.5. The zero-order valence-corrected chi connectivity index (χ0v) is 15.5. The maximum absolute atomic E-state index is 12.2. The summed E-state index contributed by atoms with van der Waals surface area (Å²) < 4.78 is 1.92. The Hall–Kier alpha value is -1.85. The highest BCUT2D eigenvalue weighted by atomic mass is 35.5. The van der Waals surface area contributed by atoms with Crippen molar-refractivity contribution in [2.75, 3.05) is 19.6 Å². The quantitative estimate of drug-likeness (QED) is 0.830. The zero-order valence-electron chi connectivity index (χ0n) is 14.7. The van der Waals surface area contributed by atoms with Gasteiger partial charge in [0.15, 0.2) is 0 Å². The lowest BCUT2D eigenvalue weighted by molar-refractivity contribution is 0.0948. The van der Waals surface area contributed by atoms with Gasteiger partial charge in [0.25, 0.3) is 5.91 Å². The Balaban J connectivity index is 0.00000225. The summed E-state index contributed by atoms with van der Waals surface area (Å²) in [7, 11) is 0. The molecule has 2 heterocycles. The molecule has 1 aromatic heterocycles. The average molecular weight is 363 g/mol. The predicted octanol–water partition coefficient (Wildman–Crippen LogP) is 2.76. The van der Waals surface area contributed by atoms with E-state index in [1.807, 2.05) is 10.9 Å². The van der Waals surface area contributed by atoms with Crippen LogP contribution in [0.25, 0.3) is 0 Å². The first-order valence-electron chi connectivity index (χ1n) is 8.88. The number of carbonyl (C=O) groups is 1. The van der Waals surface area contributed by atoms with Crippen LogP contribution in [-0.2, 0) is 12.8 Å². The molecule has 0 saturated carbocycles. The second-order valence-corrected chi connectivity index (χ2v) is 6.36. The van der Waals surface area contributed by atoms with Gasteiger partial charge >= 0.3 is 0 Å². The number of carbonyl (C=O) groups excluding carboxylic acids is 1. The SMILES string of the molecule is CCc1ccc(CCNC(=O)c2ccn(C3CCCNC3)n2)cc1.Cl. The van der Waals surface area contributed by atoms with E-state index in [1.165, 1.54) is 11.1 Å². The molecule has 2 N–H and O–H groups in total. The summed E-state index contributed by atoms with van der Waals surface area (Å²) in [6, 6.07) is 10.7. The van der Waals surface area contributed by atoms with Gasteiger partial charge < -0.3 is 10.6 Å². The molecular formula is C19H27ClN4O. The topological polar surface area (TPSA) is 59.0 Å². The Morgan fingerprint density at radius 1 is 1.28 bits per heavy atom. The number of piperidine rings is 1.